The van der Waals surface area contributed by atoms with Gasteiger partial charge in [-0.25, -0.2) is 4.39 Å². The zero-order chi connectivity index (χ0) is 10.8. The van der Waals surface area contributed by atoms with Crippen LogP contribution in [0.1, 0.15) is 37.3 Å². The third-order valence-corrected chi connectivity index (χ3v) is 3.36. The molecule has 0 fully saturated rings. The first-order valence-corrected chi connectivity index (χ1v) is 5.74. The molecule has 0 bridgehead atoms. The van der Waals surface area contributed by atoms with Crippen molar-refractivity contribution in [3.05, 3.63) is 35.1 Å². The van der Waals surface area contributed by atoms with Gasteiger partial charge in [0, 0.05) is 6.04 Å². The average Bonchev–Trinajstić information content (AvgIpc) is 2.60. The van der Waals surface area contributed by atoms with Crippen LogP contribution in [0.2, 0.25) is 0 Å². The van der Waals surface area contributed by atoms with E-state index in [2.05, 4.69) is 19.2 Å². The molecule has 2 heteroatoms. The summed E-state index contributed by atoms with van der Waals surface area (Å²) in [6.07, 6.45) is 2.17. The summed E-state index contributed by atoms with van der Waals surface area (Å²) >= 11 is 0. The van der Waals surface area contributed by atoms with E-state index in [0.717, 1.165) is 19.4 Å². The van der Waals surface area contributed by atoms with E-state index in [1.807, 2.05) is 6.07 Å². The average molecular weight is 207 g/mol. The fourth-order valence-electron chi connectivity index (χ4n) is 2.60. The van der Waals surface area contributed by atoms with E-state index in [4.69, 9.17) is 0 Å². The molecule has 2 atom stereocenters. The number of rotatable bonds is 3. The minimum Gasteiger partial charge on any atom is -0.314 e. The van der Waals surface area contributed by atoms with Gasteiger partial charge in [0.25, 0.3) is 0 Å². The highest BCUT2D eigenvalue weighted by molar-refractivity contribution is 5.36. The number of benzene rings is 1. The van der Waals surface area contributed by atoms with Crippen molar-refractivity contribution >= 4 is 0 Å². The second-order valence-electron chi connectivity index (χ2n) is 4.33. The summed E-state index contributed by atoms with van der Waals surface area (Å²) in [6, 6.07) is 5.71. The molecule has 0 heterocycles. The van der Waals surface area contributed by atoms with Crippen LogP contribution in [-0.4, -0.2) is 12.6 Å². The molecule has 82 valence electrons. The fraction of sp³-hybridized carbons (Fsp3) is 0.538. The molecular weight excluding hydrogens is 189 g/mol. The van der Waals surface area contributed by atoms with Crippen molar-refractivity contribution in [3.8, 4) is 0 Å². The SMILES string of the molecule is CCNC(C)C1CCc2cc(F)ccc21. The maximum atomic E-state index is 13.0. The van der Waals surface area contributed by atoms with Crippen molar-refractivity contribution in [1.82, 2.24) is 5.32 Å². The van der Waals surface area contributed by atoms with Crippen molar-refractivity contribution in [2.24, 2.45) is 0 Å². The Balaban J connectivity index is 2.21. The van der Waals surface area contributed by atoms with Gasteiger partial charge in [-0.3, -0.25) is 0 Å². The highest BCUT2D eigenvalue weighted by atomic mass is 19.1. The molecule has 1 aromatic carbocycles. The monoisotopic (exact) mass is 207 g/mol. The van der Waals surface area contributed by atoms with E-state index in [9.17, 15) is 4.39 Å². The predicted octanol–water partition coefficient (Wildman–Crippen LogP) is 2.85. The Kier molecular flexibility index (Phi) is 3.06. The molecule has 0 aromatic heterocycles. The van der Waals surface area contributed by atoms with Gasteiger partial charge < -0.3 is 5.32 Å². The second kappa shape index (κ2) is 4.31. The molecule has 2 unspecified atom stereocenters. The predicted molar refractivity (Wildman–Crippen MR) is 60.6 cm³/mol. The van der Waals surface area contributed by atoms with Gasteiger partial charge in [0.1, 0.15) is 5.82 Å². The van der Waals surface area contributed by atoms with Crippen molar-refractivity contribution in [2.75, 3.05) is 6.54 Å². The number of nitrogens with one attached hydrogen (secondary N) is 1. The number of hydrogen-bond acceptors (Lipinski definition) is 1. The highest BCUT2D eigenvalue weighted by Crippen LogP contribution is 2.35. The second-order valence-corrected chi connectivity index (χ2v) is 4.33. The van der Waals surface area contributed by atoms with Crippen molar-refractivity contribution in [2.45, 2.75) is 38.6 Å². The van der Waals surface area contributed by atoms with Crippen LogP contribution in [0.4, 0.5) is 4.39 Å². The van der Waals surface area contributed by atoms with E-state index in [1.54, 1.807) is 12.1 Å². The molecule has 0 aliphatic heterocycles. The van der Waals surface area contributed by atoms with Crippen LogP contribution in [-0.2, 0) is 6.42 Å². The van der Waals surface area contributed by atoms with Gasteiger partial charge >= 0.3 is 0 Å². The summed E-state index contributed by atoms with van der Waals surface area (Å²) in [5.41, 5.74) is 2.54. The van der Waals surface area contributed by atoms with Gasteiger partial charge in [0.2, 0.25) is 0 Å². The van der Waals surface area contributed by atoms with Gasteiger partial charge in [-0.2, -0.15) is 0 Å². The first-order chi connectivity index (χ1) is 7.22. The topological polar surface area (TPSA) is 12.0 Å². The number of aryl methyl sites for hydroxylation is 1. The molecule has 1 aliphatic rings. The number of fused-ring (bicyclic) bond motifs is 1. The van der Waals surface area contributed by atoms with Gasteiger partial charge in [0.05, 0.1) is 0 Å². The van der Waals surface area contributed by atoms with Crippen molar-refractivity contribution in [1.29, 1.82) is 0 Å². The minimum absolute atomic E-state index is 0.106. The standard InChI is InChI=1S/C13H18FN/c1-3-15-9(2)12-6-4-10-8-11(14)5-7-13(10)12/h5,7-9,12,15H,3-4,6H2,1-2H3. The van der Waals surface area contributed by atoms with E-state index >= 15 is 0 Å². The summed E-state index contributed by atoms with van der Waals surface area (Å²) in [5, 5.41) is 3.45. The normalized spacial score (nSPS) is 21.4. The Labute approximate surface area is 90.7 Å². The smallest absolute Gasteiger partial charge is 0.123 e. The van der Waals surface area contributed by atoms with Crippen LogP contribution < -0.4 is 5.32 Å². The Bertz CT molecular complexity index is 348. The molecular formula is C13H18FN. The summed E-state index contributed by atoms with van der Waals surface area (Å²) in [6.45, 7) is 5.33. The van der Waals surface area contributed by atoms with Crippen molar-refractivity contribution < 1.29 is 4.39 Å². The number of likely N-dealkylation sites (N-methyl/N-ethyl adjacent to an activating group) is 1. The summed E-state index contributed by atoms with van der Waals surface area (Å²) in [5.74, 6) is 0.450. The molecule has 15 heavy (non-hydrogen) atoms. The van der Waals surface area contributed by atoms with Gasteiger partial charge in [-0.15, -0.1) is 0 Å². The van der Waals surface area contributed by atoms with Gasteiger partial charge in [0.15, 0.2) is 0 Å². The maximum absolute atomic E-state index is 13.0. The lowest BCUT2D eigenvalue weighted by molar-refractivity contribution is 0.468. The van der Waals surface area contributed by atoms with Crippen LogP contribution in [0.5, 0.6) is 0 Å². The molecule has 2 rings (SSSR count). The molecule has 1 aliphatic carbocycles. The number of halogens is 1. The number of hydrogen-bond donors (Lipinski definition) is 1. The van der Waals surface area contributed by atoms with E-state index in [-0.39, 0.29) is 5.82 Å². The van der Waals surface area contributed by atoms with E-state index < -0.39 is 0 Å². The molecule has 1 N–H and O–H groups in total. The minimum atomic E-state index is -0.106. The first-order valence-electron chi connectivity index (χ1n) is 5.74. The quantitative estimate of drug-likeness (QED) is 0.803. The highest BCUT2D eigenvalue weighted by Gasteiger charge is 2.26. The lowest BCUT2D eigenvalue weighted by Crippen LogP contribution is -2.30. The largest absolute Gasteiger partial charge is 0.314 e. The van der Waals surface area contributed by atoms with Crippen LogP contribution in [0, 0.1) is 5.82 Å². The lowest BCUT2D eigenvalue weighted by atomic mass is 9.94. The Morgan fingerprint density at radius 2 is 2.33 bits per heavy atom. The lowest BCUT2D eigenvalue weighted by Gasteiger charge is -2.21. The summed E-state index contributed by atoms with van der Waals surface area (Å²) in [7, 11) is 0. The van der Waals surface area contributed by atoms with E-state index in [1.165, 1.54) is 11.1 Å². The summed E-state index contributed by atoms with van der Waals surface area (Å²) in [4.78, 5) is 0. The molecule has 0 radical (unpaired) electrons. The Hall–Kier alpha value is -0.890. The van der Waals surface area contributed by atoms with Gasteiger partial charge in [-0.05, 0) is 55.5 Å². The van der Waals surface area contributed by atoms with Crippen molar-refractivity contribution in [3.63, 3.8) is 0 Å². The Morgan fingerprint density at radius 3 is 3.07 bits per heavy atom. The molecule has 1 aromatic rings. The van der Waals surface area contributed by atoms with E-state index in [0.29, 0.717) is 12.0 Å². The third kappa shape index (κ3) is 2.05. The zero-order valence-corrected chi connectivity index (χ0v) is 9.39. The molecule has 0 amide bonds. The third-order valence-electron chi connectivity index (χ3n) is 3.36. The van der Waals surface area contributed by atoms with Crippen LogP contribution in [0.25, 0.3) is 0 Å². The van der Waals surface area contributed by atoms with Gasteiger partial charge in [-0.1, -0.05) is 13.0 Å². The molecule has 0 saturated carbocycles. The first kappa shape index (κ1) is 10.6. The molecule has 0 spiro atoms. The summed E-state index contributed by atoms with van der Waals surface area (Å²) < 4.78 is 13.0. The molecule has 1 nitrogen and oxygen atoms in total. The fourth-order valence-corrected chi connectivity index (χ4v) is 2.60. The maximum Gasteiger partial charge on any atom is 0.123 e. The zero-order valence-electron chi connectivity index (χ0n) is 9.39. The van der Waals surface area contributed by atoms with Crippen LogP contribution in [0.15, 0.2) is 18.2 Å². The Morgan fingerprint density at radius 1 is 1.53 bits per heavy atom. The van der Waals surface area contributed by atoms with Crippen LogP contribution >= 0.6 is 0 Å². The molecule has 0 saturated heterocycles. The van der Waals surface area contributed by atoms with Crippen LogP contribution in [0.3, 0.4) is 0 Å².